The number of rotatable bonds is 6. The van der Waals surface area contributed by atoms with Crippen LogP contribution >= 0.6 is 11.8 Å². The van der Waals surface area contributed by atoms with E-state index >= 15 is 0 Å². The summed E-state index contributed by atoms with van der Waals surface area (Å²) < 4.78 is 5.31. The van der Waals surface area contributed by atoms with E-state index in [1.54, 1.807) is 17.8 Å². The Bertz CT molecular complexity index is 444. The Kier molecular flexibility index (Phi) is 5.88. The van der Waals surface area contributed by atoms with Crippen molar-refractivity contribution in [1.82, 2.24) is 14.9 Å². The summed E-state index contributed by atoms with van der Waals surface area (Å²) in [6.45, 7) is 6.75. The summed E-state index contributed by atoms with van der Waals surface area (Å²) in [5.74, 6) is 0.943. The number of nitrogens with zero attached hydrogens (tertiary/aromatic N) is 2. The molecule has 1 aliphatic rings. The first kappa shape index (κ1) is 14.6. The van der Waals surface area contributed by atoms with Crippen molar-refractivity contribution in [1.29, 1.82) is 0 Å². The van der Waals surface area contributed by atoms with E-state index in [1.807, 2.05) is 0 Å². The highest BCUT2D eigenvalue weighted by Gasteiger charge is 2.10. The van der Waals surface area contributed by atoms with Crippen LogP contribution in [-0.4, -0.2) is 53.5 Å². The van der Waals surface area contributed by atoms with Crippen LogP contribution in [0.2, 0.25) is 0 Å². The van der Waals surface area contributed by atoms with Gasteiger partial charge in [-0.25, -0.2) is 4.98 Å². The van der Waals surface area contributed by atoms with Gasteiger partial charge in [0.15, 0.2) is 5.16 Å². The Balaban J connectivity index is 1.82. The third-order valence-electron chi connectivity index (χ3n) is 3.03. The molecule has 1 aromatic rings. The average Bonchev–Trinajstić information content (AvgIpc) is 2.40. The van der Waals surface area contributed by atoms with E-state index in [0.717, 1.165) is 62.3 Å². The molecule has 0 bridgehead atoms. The zero-order chi connectivity index (χ0) is 13.5. The third kappa shape index (κ3) is 4.97. The fraction of sp³-hybridized carbons (Fsp3) is 0.692. The van der Waals surface area contributed by atoms with Gasteiger partial charge in [0.2, 0.25) is 0 Å². The Morgan fingerprint density at radius 2 is 2.26 bits per heavy atom. The fourth-order valence-electron chi connectivity index (χ4n) is 2.03. The number of hydrogen-bond acceptors (Lipinski definition) is 5. The van der Waals surface area contributed by atoms with Crippen molar-refractivity contribution in [2.24, 2.45) is 0 Å². The van der Waals surface area contributed by atoms with E-state index < -0.39 is 0 Å². The summed E-state index contributed by atoms with van der Waals surface area (Å²) in [7, 11) is 0. The van der Waals surface area contributed by atoms with E-state index in [2.05, 4.69) is 21.8 Å². The maximum absolute atomic E-state index is 11.5. The van der Waals surface area contributed by atoms with E-state index in [-0.39, 0.29) is 5.56 Å². The van der Waals surface area contributed by atoms with Gasteiger partial charge in [0, 0.05) is 37.1 Å². The molecule has 1 aromatic heterocycles. The molecule has 2 heterocycles. The molecule has 106 valence electrons. The van der Waals surface area contributed by atoms with Gasteiger partial charge in [0.25, 0.3) is 5.56 Å². The Morgan fingerprint density at radius 1 is 1.47 bits per heavy atom. The number of nitrogens with one attached hydrogen (secondary N) is 1. The van der Waals surface area contributed by atoms with E-state index in [9.17, 15) is 4.79 Å². The molecule has 19 heavy (non-hydrogen) atoms. The van der Waals surface area contributed by atoms with Gasteiger partial charge in [-0.15, -0.1) is 0 Å². The molecule has 0 saturated carbocycles. The zero-order valence-corrected chi connectivity index (χ0v) is 12.2. The molecule has 6 heteroatoms. The van der Waals surface area contributed by atoms with Crippen LogP contribution in [0.25, 0.3) is 0 Å². The SMILES string of the molecule is CCCc1cc(=O)[nH]c(SCCN2CCOCC2)n1. The molecule has 1 N–H and O–H groups in total. The monoisotopic (exact) mass is 283 g/mol. The number of aryl methyl sites for hydroxylation is 1. The number of morpholine rings is 1. The molecular formula is C13H21N3O2S. The number of H-pyrrole nitrogens is 1. The van der Waals surface area contributed by atoms with Gasteiger partial charge in [-0.2, -0.15) is 0 Å². The molecule has 5 nitrogen and oxygen atoms in total. The summed E-state index contributed by atoms with van der Waals surface area (Å²) in [6, 6.07) is 1.59. The Labute approximate surface area is 117 Å². The standard InChI is InChI=1S/C13H21N3O2S/c1-2-3-11-10-12(17)15-13(14-11)19-9-6-16-4-7-18-8-5-16/h10H,2-9H2,1H3,(H,14,15,17). The number of aromatic amines is 1. The summed E-state index contributed by atoms with van der Waals surface area (Å²) >= 11 is 1.62. The molecule has 2 rings (SSSR count). The molecule has 1 fully saturated rings. The van der Waals surface area contributed by atoms with Crippen molar-refractivity contribution in [3.8, 4) is 0 Å². The van der Waals surface area contributed by atoms with E-state index in [0.29, 0.717) is 0 Å². The van der Waals surface area contributed by atoms with Crippen LogP contribution in [0.1, 0.15) is 19.0 Å². The Hall–Kier alpha value is -0.850. The molecule has 0 spiro atoms. The molecule has 1 saturated heterocycles. The van der Waals surface area contributed by atoms with Crippen LogP contribution in [0.4, 0.5) is 0 Å². The minimum Gasteiger partial charge on any atom is -0.379 e. The molecule has 0 aliphatic carbocycles. The van der Waals surface area contributed by atoms with Crippen molar-refractivity contribution < 1.29 is 4.74 Å². The van der Waals surface area contributed by atoms with Crippen molar-refractivity contribution in [2.45, 2.75) is 24.9 Å². The number of thioether (sulfide) groups is 1. The summed E-state index contributed by atoms with van der Waals surface area (Å²) in [5, 5.41) is 0.740. The lowest BCUT2D eigenvalue weighted by Crippen LogP contribution is -2.37. The largest absolute Gasteiger partial charge is 0.379 e. The number of ether oxygens (including phenoxy) is 1. The summed E-state index contributed by atoms with van der Waals surface area (Å²) in [5.41, 5.74) is 0.840. The number of hydrogen-bond donors (Lipinski definition) is 1. The molecule has 0 aromatic carbocycles. The molecule has 0 amide bonds. The first-order chi connectivity index (χ1) is 9.28. The highest BCUT2D eigenvalue weighted by atomic mass is 32.2. The lowest BCUT2D eigenvalue weighted by atomic mass is 10.2. The molecule has 0 unspecified atom stereocenters. The Morgan fingerprint density at radius 3 is 3.00 bits per heavy atom. The first-order valence-electron chi connectivity index (χ1n) is 6.81. The highest BCUT2D eigenvalue weighted by Crippen LogP contribution is 2.12. The lowest BCUT2D eigenvalue weighted by molar-refractivity contribution is 0.0410. The van der Waals surface area contributed by atoms with E-state index in [4.69, 9.17) is 4.74 Å². The minimum absolute atomic E-state index is 0.0488. The smallest absolute Gasteiger partial charge is 0.251 e. The van der Waals surface area contributed by atoms with Crippen molar-refractivity contribution in [2.75, 3.05) is 38.6 Å². The second kappa shape index (κ2) is 7.67. The van der Waals surface area contributed by atoms with Crippen LogP contribution in [0, 0.1) is 0 Å². The predicted octanol–water partition coefficient (Wildman–Crippen LogP) is 1.15. The maximum atomic E-state index is 11.5. The van der Waals surface area contributed by atoms with Crippen LogP contribution in [0.3, 0.4) is 0 Å². The van der Waals surface area contributed by atoms with Gasteiger partial charge in [-0.1, -0.05) is 25.1 Å². The molecule has 0 radical (unpaired) electrons. The summed E-state index contributed by atoms with van der Waals surface area (Å²) in [6.07, 6.45) is 1.87. The van der Waals surface area contributed by atoms with Gasteiger partial charge in [-0.3, -0.25) is 9.69 Å². The highest BCUT2D eigenvalue weighted by molar-refractivity contribution is 7.99. The van der Waals surface area contributed by atoms with Crippen LogP contribution in [-0.2, 0) is 11.2 Å². The van der Waals surface area contributed by atoms with Gasteiger partial charge < -0.3 is 9.72 Å². The fourth-order valence-corrected chi connectivity index (χ4v) is 2.93. The third-order valence-corrected chi connectivity index (χ3v) is 3.88. The topological polar surface area (TPSA) is 58.2 Å². The van der Waals surface area contributed by atoms with Crippen LogP contribution in [0.15, 0.2) is 16.0 Å². The number of aromatic nitrogens is 2. The van der Waals surface area contributed by atoms with Crippen molar-refractivity contribution in [3.63, 3.8) is 0 Å². The lowest BCUT2D eigenvalue weighted by Gasteiger charge is -2.26. The van der Waals surface area contributed by atoms with Gasteiger partial charge in [0.1, 0.15) is 0 Å². The second-order valence-electron chi connectivity index (χ2n) is 4.59. The maximum Gasteiger partial charge on any atom is 0.251 e. The quantitative estimate of drug-likeness (QED) is 0.627. The molecular weight excluding hydrogens is 262 g/mol. The predicted molar refractivity (Wildman–Crippen MR) is 76.8 cm³/mol. The van der Waals surface area contributed by atoms with Gasteiger partial charge in [-0.05, 0) is 6.42 Å². The van der Waals surface area contributed by atoms with Gasteiger partial charge in [0.05, 0.1) is 13.2 Å². The first-order valence-corrected chi connectivity index (χ1v) is 7.79. The van der Waals surface area contributed by atoms with Gasteiger partial charge >= 0.3 is 0 Å². The molecule has 1 aliphatic heterocycles. The molecule has 0 atom stereocenters. The van der Waals surface area contributed by atoms with Crippen LogP contribution in [0.5, 0.6) is 0 Å². The minimum atomic E-state index is -0.0488. The van der Waals surface area contributed by atoms with Crippen molar-refractivity contribution >= 4 is 11.8 Å². The normalized spacial score (nSPS) is 16.7. The summed E-state index contributed by atoms with van der Waals surface area (Å²) in [4.78, 5) is 21.2. The van der Waals surface area contributed by atoms with E-state index in [1.165, 1.54) is 0 Å². The van der Waals surface area contributed by atoms with Crippen LogP contribution < -0.4 is 5.56 Å². The zero-order valence-electron chi connectivity index (χ0n) is 11.4. The second-order valence-corrected chi connectivity index (χ2v) is 5.68. The van der Waals surface area contributed by atoms with Crippen molar-refractivity contribution in [3.05, 3.63) is 22.1 Å². The average molecular weight is 283 g/mol.